The number of aromatic hydroxyl groups is 1. The first kappa shape index (κ1) is 21.5. The highest BCUT2D eigenvalue weighted by Gasteiger charge is 2.25. The molecule has 0 unspecified atom stereocenters. The van der Waals surface area contributed by atoms with Gasteiger partial charge in [0.1, 0.15) is 5.75 Å². The number of fused-ring (bicyclic) bond motifs is 3. The molecule has 1 saturated carbocycles. The van der Waals surface area contributed by atoms with Gasteiger partial charge in [0.15, 0.2) is 17.5 Å². The van der Waals surface area contributed by atoms with Gasteiger partial charge >= 0.3 is 0 Å². The number of aryl methyl sites for hydroxylation is 2. The van der Waals surface area contributed by atoms with E-state index in [0.717, 1.165) is 66.0 Å². The molecule has 0 aliphatic heterocycles. The maximum absolute atomic E-state index is 13.5. The first-order valence-electron chi connectivity index (χ1n) is 11.4. The van der Waals surface area contributed by atoms with Gasteiger partial charge in [0.25, 0.3) is 0 Å². The molecule has 2 N–H and O–H groups in total. The number of carbonyl (C=O) groups is 1. The third-order valence-corrected chi connectivity index (χ3v) is 6.58. The molecule has 3 aromatic rings. The van der Waals surface area contributed by atoms with E-state index in [1.165, 1.54) is 18.9 Å². The van der Waals surface area contributed by atoms with Gasteiger partial charge in [-0.3, -0.25) is 4.79 Å². The van der Waals surface area contributed by atoms with E-state index < -0.39 is 11.6 Å². The van der Waals surface area contributed by atoms with Crippen molar-refractivity contribution in [3.63, 3.8) is 0 Å². The molecule has 2 aliphatic rings. The lowest BCUT2D eigenvalue weighted by Gasteiger charge is -2.22. The summed E-state index contributed by atoms with van der Waals surface area (Å²) in [4.78, 5) is 22.5. The van der Waals surface area contributed by atoms with Gasteiger partial charge in [0.05, 0.1) is 23.5 Å². The number of amides is 1. The number of phenols is 1. The molecule has 1 aromatic heterocycles. The molecule has 0 saturated heterocycles. The maximum Gasteiger partial charge on any atom is 0.229 e. The number of rotatable bonds is 5. The number of nitrogens with zero attached hydrogens (tertiary/aromatic N) is 2. The second kappa shape index (κ2) is 8.89. The van der Waals surface area contributed by atoms with Crippen molar-refractivity contribution in [2.24, 2.45) is 5.92 Å². The smallest absolute Gasteiger partial charge is 0.229 e. The Morgan fingerprint density at radius 1 is 1.03 bits per heavy atom. The lowest BCUT2D eigenvalue weighted by atomic mass is 9.91. The zero-order chi connectivity index (χ0) is 22.9. The van der Waals surface area contributed by atoms with Crippen LogP contribution in [0, 0.1) is 17.6 Å². The number of benzene rings is 2. The second-order valence-corrected chi connectivity index (χ2v) is 8.98. The van der Waals surface area contributed by atoms with Crippen molar-refractivity contribution in [3.8, 4) is 17.0 Å². The predicted molar refractivity (Wildman–Crippen MR) is 121 cm³/mol. The lowest BCUT2D eigenvalue weighted by molar-refractivity contribution is -0.115. The van der Waals surface area contributed by atoms with Crippen molar-refractivity contribution in [3.05, 3.63) is 70.5 Å². The Bertz CT molecular complexity index is 1220. The molecule has 5 nitrogen and oxygen atoms in total. The minimum atomic E-state index is -0.972. The molecule has 170 valence electrons. The minimum Gasteiger partial charge on any atom is -0.508 e. The Morgan fingerprint density at radius 3 is 2.64 bits per heavy atom. The first-order chi connectivity index (χ1) is 16.0. The van der Waals surface area contributed by atoms with Crippen molar-refractivity contribution >= 4 is 11.7 Å². The van der Waals surface area contributed by atoms with Gasteiger partial charge in [-0.05, 0) is 66.6 Å². The van der Waals surface area contributed by atoms with Gasteiger partial charge < -0.3 is 10.4 Å². The number of aromatic nitrogens is 2. The maximum atomic E-state index is 13.5. The topological polar surface area (TPSA) is 75.1 Å². The second-order valence-electron chi connectivity index (χ2n) is 8.98. The van der Waals surface area contributed by atoms with E-state index in [1.54, 1.807) is 12.1 Å². The summed E-state index contributed by atoms with van der Waals surface area (Å²) in [6.07, 6.45) is 6.70. The van der Waals surface area contributed by atoms with E-state index >= 15 is 0 Å². The molecule has 1 amide bonds. The quantitative estimate of drug-likeness (QED) is 0.566. The number of anilines is 1. The van der Waals surface area contributed by atoms with Crippen LogP contribution >= 0.6 is 0 Å². The number of halogens is 2. The van der Waals surface area contributed by atoms with Crippen LogP contribution in [0.15, 0.2) is 36.4 Å². The zero-order valence-electron chi connectivity index (χ0n) is 18.2. The summed E-state index contributed by atoms with van der Waals surface area (Å²) in [5, 5.41) is 12.7. The van der Waals surface area contributed by atoms with Crippen LogP contribution in [0.4, 0.5) is 14.6 Å². The van der Waals surface area contributed by atoms with Crippen molar-refractivity contribution in [2.75, 3.05) is 5.32 Å². The molecule has 0 radical (unpaired) electrons. The van der Waals surface area contributed by atoms with E-state index in [2.05, 4.69) is 5.32 Å². The monoisotopic (exact) mass is 449 g/mol. The average molecular weight is 450 g/mol. The molecule has 2 aromatic carbocycles. The van der Waals surface area contributed by atoms with Crippen LogP contribution in [0.3, 0.4) is 0 Å². The van der Waals surface area contributed by atoms with Gasteiger partial charge in [0.2, 0.25) is 5.91 Å². The molecule has 33 heavy (non-hydrogen) atoms. The molecule has 1 fully saturated rings. The van der Waals surface area contributed by atoms with Gasteiger partial charge in [-0.1, -0.05) is 31.7 Å². The van der Waals surface area contributed by atoms with Crippen molar-refractivity contribution in [2.45, 2.75) is 51.4 Å². The highest BCUT2D eigenvalue weighted by molar-refractivity contribution is 5.92. The fourth-order valence-corrected chi connectivity index (χ4v) is 4.91. The van der Waals surface area contributed by atoms with Crippen LogP contribution in [-0.2, 0) is 30.5 Å². The molecule has 0 bridgehead atoms. The molecule has 7 heteroatoms. The van der Waals surface area contributed by atoms with Crippen LogP contribution in [0.25, 0.3) is 11.3 Å². The van der Waals surface area contributed by atoms with Gasteiger partial charge in [-0.2, -0.15) is 0 Å². The molecule has 0 atom stereocenters. The number of hydrogen-bond donors (Lipinski definition) is 2. The van der Waals surface area contributed by atoms with Crippen LogP contribution < -0.4 is 5.32 Å². The standard InChI is InChI=1S/C26H25F2N3O2/c27-20-9-5-16(11-21(20)28)13-24(33)31-26-23(12-15-3-1-2-4-15)29-25-19-8-7-18(32)14-17(19)6-10-22(25)30-26/h5,7-9,11,14-15,32H,1-4,6,10,12-13H2,(H,30,31,33). The Labute approximate surface area is 190 Å². The van der Waals surface area contributed by atoms with Gasteiger partial charge in [0, 0.05) is 5.56 Å². The number of hydrogen-bond acceptors (Lipinski definition) is 4. The average Bonchev–Trinajstić information content (AvgIpc) is 3.29. The van der Waals surface area contributed by atoms with Crippen LogP contribution in [0.5, 0.6) is 5.75 Å². The van der Waals surface area contributed by atoms with Crippen molar-refractivity contribution in [1.82, 2.24) is 9.97 Å². The van der Waals surface area contributed by atoms with E-state index in [9.17, 15) is 18.7 Å². The van der Waals surface area contributed by atoms with Crippen molar-refractivity contribution < 1.29 is 18.7 Å². The fourth-order valence-electron chi connectivity index (χ4n) is 4.91. The summed E-state index contributed by atoms with van der Waals surface area (Å²) in [6, 6.07) is 8.77. The normalized spacial score (nSPS) is 15.2. The van der Waals surface area contributed by atoms with Crippen LogP contribution in [0.2, 0.25) is 0 Å². The Kier molecular flexibility index (Phi) is 5.79. The Hall–Kier alpha value is -3.35. The SMILES string of the molecule is O=C(Cc1ccc(F)c(F)c1)Nc1nc2c(nc1CC1CCCC1)-c1ccc(O)cc1CC2. The third kappa shape index (κ3) is 4.58. The van der Waals surface area contributed by atoms with Crippen molar-refractivity contribution in [1.29, 1.82) is 0 Å². The third-order valence-electron chi connectivity index (χ3n) is 6.58. The molecule has 2 aliphatic carbocycles. The molecule has 0 spiro atoms. The fraction of sp³-hybridized carbons (Fsp3) is 0.346. The Morgan fingerprint density at radius 2 is 1.85 bits per heavy atom. The van der Waals surface area contributed by atoms with Crippen LogP contribution in [-0.4, -0.2) is 21.0 Å². The summed E-state index contributed by atoms with van der Waals surface area (Å²) in [5.74, 6) is -1.06. The van der Waals surface area contributed by atoms with E-state index in [0.29, 0.717) is 23.7 Å². The van der Waals surface area contributed by atoms with E-state index in [-0.39, 0.29) is 18.1 Å². The Balaban J connectivity index is 1.46. The molecular formula is C26H25F2N3O2. The molecule has 5 rings (SSSR count). The number of carbonyl (C=O) groups excluding carboxylic acids is 1. The zero-order valence-corrected chi connectivity index (χ0v) is 18.2. The first-order valence-corrected chi connectivity index (χ1v) is 11.4. The molecule has 1 heterocycles. The number of phenolic OH excluding ortho intramolecular Hbond substituents is 1. The summed E-state index contributed by atoms with van der Waals surface area (Å²) in [7, 11) is 0. The summed E-state index contributed by atoms with van der Waals surface area (Å²) >= 11 is 0. The summed E-state index contributed by atoms with van der Waals surface area (Å²) in [5.41, 5.74) is 4.77. The van der Waals surface area contributed by atoms with E-state index in [4.69, 9.17) is 9.97 Å². The van der Waals surface area contributed by atoms with Gasteiger partial charge in [-0.25, -0.2) is 18.7 Å². The highest BCUT2D eigenvalue weighted by atomic mass is 19.2. The predicted octanol–water partition coefficient (Wildman–Crippen LogP) is 5.14. The summed E-state index contributed by atoms with van der Waals surface area (Å²) in [6.45, 7) is 0. The van der Waals surface area contributed by atoms with Gasteiger partial charge in [-0.15, -0.1) is 0 Å². The largest absolute Gasteiger partial charge is 0.508 e. The van der Waals surface area contributed by atoms with E-state index in [1.807, 2.05) is 6.07 Å². The van der Waals surface area contributed by atoms with Crippen LogP contribution in [0.1, 0.15) is 48.2 Å². The highest BCUT2D eigenvalue weighted by Crippen LogP contribution is 2.36. The number of nitrogens with one attached hydrogen (secondary N) is 1. The lowest BCUT2D eigenvalue weighted by Crippen LogP contribution is -2.20. The molecular weight excluding hydrogens is 424 g/mol. The summed E-state index contributed by atoms with van der Waals surface area (Å²) < 4.78 is 26.7. The minimum absolute atomic E-state index is 0.0824.